The second-order valence-corrected chi connectivity index (χ2v) is 5.14. The lowest BCUT2D eigenvalue weighted by atomic mass is 10.2. The van der Waals surface area contributed by atoms with Crippen molar-refractivity contribution in [3.8, 4) is 5.75 Å². The first-order chi connectivity index (χ1) is 9.97. The van der Waals surface area contributed by atoms with Crippen molar-refractivity contribution in [2.45, 2.75) is 6.18 Å². The summed E-state index contributed by atoms with van der Waals surface area (Å²) in [5, 5.41) is 2.91. The van der Waals surface area contributed by atoms with Crippen LogP contribution in [0.4, 0.5) is 18.9 Å². The van der Waals surface area contributed by atoms with E-state index in [9.17, 15) is 13.2 Å². The molecule has 0 saturated heterocycles. The molecule has 0 aliphatic carbocycles. The van der Waals surface area contributed by atoms with Gasteiger partial charge in [0.15, 0.2) is 0 Å². The zero-order valence-electron chi connectivity index (χ0n) is 11.0. The van der Waals surface area contributed by atoms with Crippen molar-refractivity contribution in [1.29, 1.82) is 0 Å². The molecule has 0 amide bonds. The Hall–Kier alpha value is -1.69. The van der Waals surface area contributed by atoms with Crippen LogP contribution in [0.15, 0.2) is 53.0 Å². The van der Waals surface area contributed by atoms with Gasteiger partial charge in [-0.3, -0.25) is 0 Å². The lowest BCUT2D eigenvalue weighted by Gasteiger charge is -2.13. The van der Waals surface area contributed by atoms with Crippen LogP contribution in [0.2, 0.25) is 0 Å². The van der Waals surface area contributed by atoms with Crippen LogP contribution in [0.3, 0.4) is 0 Å². The molecule has 0 unspecified atom stereocenters. The second kappa shape index (κ2) is 6.85. The first-order valence-electron chi connectivity index (χ1n) is 6.25. The number of anilines is 1. The van der Waals surface area contributed by atoms with E-state index < -0.39 is 11.7 Å². The van der Waals surface area contributed by atoms with E-state index in [2.05, 4.69) is 21.2 Å². The van der Waals surface area contributed by atoms with E-state index in [4.69, 9.17) is 4.74 Å². The molecule has 2 aromatic carbocycles. The van der Waals surface area contributed by atoms with Gasteiger partial charge >= 0.3 is 6.18 Å². The molecular formula is C15H13BrF3NO. The number of ether oxygens (including phenoxy) is 1. The molecule has 0 radical (unpaired) electrons. The van der Waals surface area contributed by atoms with Gasteiger partial charge in [-0.05, 0) is 30.3 Å². The van der Waals surface area contributed by atoms with Gasteiger partial charge in [-0.2, -0.15) is 13.2 Å². The summed E-state index contributed by atoms with van der Waals surface area (Å²) in [5.74, 6) is 0.728. The molecule has 0 atom stereocenters. The van der Waals surface area contributed by atoms with Crippen LogP contribution in [0.1, 0.15) is 5.56 Å². The Balaban J connectivity index is 1.89. The maximum Gasteiger partial charge on any atom is 0.417 e. The largest absolute Gasteiger partial charge is 0.492 e. The van der Waals surface area contributed by atoms with Crippen LogP contribution in [-0.4, -0.2) is 13.2 Å². The van der Waals surface area contributed by atoms with Gasteiger partial charge in [-0.1, -0.05) is 34.1 Å². The molecular weight excluding hydrogens is 347 g/mol. The van der Waals surface area contributed by atoms with Gasteiger partial charge in [0.25, 0.3) is 0 Å². The number of halogens is 4. The number of nitrogens with one attached hydrogen (secondary N) is 1. The molecule has 2 aromatic rings. The van der Waals surface area contributed by atoms with Gasteiger partial charge in [-0.25, -0.2) is 0 Å². The molecule has 0 aliphatic heterocycles. The summed E-state index contributed by atoms with van der Waals surface area (Å²) in [6.07, 6.45) is -4.38. The van der Waals surface area contributed by atoms with Gasteiger partial charge in [0.1, 0.15) is 12.4 Å². The average Bonchev–Trinajstić information content (AvgIpc) is 2.45. The van der Waals surface area contributed by atoms with Gasteiger partial charge < -0.3 is 10.1 Å². The minimum Gasteiger partial charge on any atom is -0.492 e. The Kier molecular flexibility index (Phi) is 5.12. The summed E-state index contributed by atoms with van der Waals surface area (Å²) in [6, 6.07) is 13.3. The molecule has 0 heterocycles. The summed E-state index contributed by atoms with van der Waals surface area (Å²) in [7, 11) is 0. The predicted octanol–water partition coefficient (Wildman–Crippen LogP) is 4.96. The van der Waals surface area contributed by atoms with E-state index in [1.54, 1.807) is 6.07 Å². The van der Waals surface area contributed by atoms with Gasteiger partial charge in [-0.15, -0.1) is 0 Å². The SMILES string of the molecule is FC(F)(F)c1cc(NCCOc2ccccc2)ccc1Br. The van der Waals surface area contributed by atoms with Crippen molar-refractivity contribution >= 4 is 21.6 Å². The summed E-state index contributed by atoms with van der Waals surface area (Å²) < 4.78 is 43.8. The summed E-state index contributed by atoms with van der Waals surface area (Å²) in [6.45, 7) is 0.773. The van der Waals surface area contributed by atoms with Crippen molar-refractivity contribution in [2.75, 3.05) is 18.5 Å². The highest BCUT2D eigenvalue weighted by molar-refractivity contribution is 9.10. The first kappa shape index (κ1) is 15.7. The highest BCUT2D eigenvalue weighted by atomic mass is 79.9. The van der Waals surface area contributed by atoms with E-state index in [0.29, 0.717) is 18.8 Å². The highest BCUT2D eigenvalue weighted by Gasteiger charge is 2.33. The fraction of sp³-hybridized carbons (Fsp3) is 0.200. The highest BCUT2D eigenvalue weighted by Crippen LogP contribution is 2.36. The number of para-hydroxylation sites is 1. The number of hydrogen-bond acceptors (Lipinski definition) is 2. The quantitative estimate of drug-likeness (QED) is 0.761. The summed E-state index contributed by atoms with van der Waals surface area (Å²) in [5.41, 5.74) is -0.293. The van der Waals surface area contributed by atoms with E-state index in [0.717, 1.165) is 11.8 Å². The van der Waals surface area contributed by atoms with E-state index in [1.165, 1.54) is 6.07 Å². The summed E-state index contributed by atoms with van der Waals surface area (Å²) in [4.78, 5) is 0. The second-order valence-electron chi connectivity index (χ2n) is 4.28. The normalized spacial score (nSPS) is 11.2. The van der Waals surface area contributed by atoms with Crippen molar-refractivity contribution in [2.24, 2.45) is 0 Å². The third kappa shape index (κ3) is 4.67. The van der Waals surface area contributed by atoms with Crippen molar-refractivity contribution < 1.29 is 17.9 Å². The standard InChI is InChI=1S/C15H13BrF3NO/c16-14-7-6-11(10-13(14)15(17,18)19)20-8-9-21-12-4-2-1-3-5-12/h1-7,10,20H,8-9H2. The van der Waals surface area contributed by atoms with Crippen LogP contribution >= 0.6 is 15.9 Å². The van der Waals surface area contributed by atoms with Gasteiger partial charge in [0.2, 0.25) is 0 Å². The van der Waals surface area contributed by atoms with Gasteiger partial charge in [0.05, 0.1) is 5.56 Å². The molecule has 6 heteroatoms. The monoisotopic (exact) mass is 359 g/mol. The zero-order chi connectivity index (χ0) is 15.3. The molecule has 0 saturated carbocycles. The third-order valence-electron chi connectivity index (χ3n) is 2.71. The first-order valence-corrected chi connectivity index (χ1v) is 7.04. The number of alkyl halides is 3. The minimum atomic E-state index is -4.38. The number of rotatable bonds is 5. The average molecular weight is 360 g/mol. The molecule has 2 nitrogen and oxygen atoms in total. The Bertz CT molecular complexity index is 587. The fourth-order valence-electron chi connectivity index (χ4n) is 1.73. The summed E-state index contributed by atoms with van der Waals surface area (Å²) >= 11 is 2.91. The van der Waals surface area contributed by atoms with Crippen LogP contribution in [-0.2, 0) is 6.18 Å². The topological polar surface area (TPSA) is 21.3 Å². The fourth-order valence-corrected chi connectivity index (χ4v) is 2.20. The molecule has 21 heavy (non-hydrogen) atoms. The third-order valence-corrected chi connectivity index (χ3v) is 3.41. The number of benzene rings is 2. The molecule has 0 spiro atoms. The maximum absolute atomic E-state index is 12.8. The Morgan fingerprint density at radius 2 is 1.76 bits per heavy atom. The Morgan fingerprint density at radius 3 is 2.43 bits per heavy atom. The van der Waals surface area contributed by atoms with Crippen LogP contribution in [0, 0.1) is 0 Å². The maximum atomic E-state index is 12.8. The Morgan fingerprint density at radius 1 is 1.05 bits per heavy atom. The molecule has 112 valence electrons. The minimum absolute atomic E-state index is 0.0288. The Labute approximate surface area is 129 Å². The molecule has 0 bridgehead atoms. The molecule has 2 rings (SSSR count). The smallest absolute Gasteiger partial charge is 0.417 e. The zero-order valence-corrected chi connectivity index (χ0v) is 12.5. The van der Waals surface area contributed by atoms with Crippen molar-refractivity contribution in [1.82, 2.24) is 0 Å². The lowest BCUT2D eigenvalue weighted by molar-refractivity contribution is -0.138. The molecule has 0 fully saturated rings. The van der Waals surface area contributed by atoms with E-state index in [-0.39, 0.29) is 4.47 Å². The van der Waals surface area contributed by atoms with Gasteiger partial charge in [0, 0.05) is 16.7 Å². The van der Waals surface area contributed by atoms with Crippen LogP contribution in [0.5, 0.6) is 5.75 Å². The van der Waals surface area contributed by atoms with Crippen molar-refractivity contribution in [3.63, 3.8) is 0 Å². The molecule has 0 aromatic heterocycles. The van der Waals surface area contributed by atoms with E-state index >= 15 is 0 Å². The van der Waals surface area contributed by atoms with E-state index in [1.807, 2.05) is 30.3 Å². The van der Waals surface area contributed by atoms with Crippen LogP contribution < -0.4 is 10.1 Å². The van der Waals surface area contributed by atoms with Crippen LogP contribution in [0.25, 0.3) is 0 Å². The number of hydrogen-bond donors (Lipinski definition) is 1. The molecule has 1 N–H and O–H groups in total. The predicted molar refractivity (Wildman–Crippen MR) is 79.6 cm³/mol. The lowest BCUT2D eigenvalue weighted by Crippen LogP contribution is -2.12. The molecule has 0 aliphatic rings. The van der Waals surface area contributed by atoms with Crippen molar-refractivity contribution in [3.05, 3.63) is 58.6 Å².